The van der Waals surface area contributed by atoms with Crippen LogP contribution in [0, 0.1) is 0 Å². The monoisotopic (exact) mass is 141 g/mol. The Morgan fingerprint density at radius 2 is 2.67 bits per heavy atom. The summed E-state index contributed by atoms with van der Waals surface area (Å²) in [4.78, 5) is 0. The number of nitrogens with zero attached hydrogens (tertiary/aromatic N) is 3. The predicted molar refractivity (Wildman–Crippen MR) is 35.4 cm³/mol. The van der Waals surface area contributed by atoms with Crippen molar-refractivity contribution in [3.63, 3.8) is 0 Å². The van der Waals surface area contributed by atoms with E-state index in [4.69, 9.17) is 0 Å². The zero-order chi connectivity index (χ0) is 6.10. The maximum absolute atomic E-state index is 3.90. The molecule has 0 unspecified atom stereocenters. The molecule has 48 valence electrons. The molecular formula is C5H7N3S. The van der Waals surface area contributed by atoms with E-state index in [2.05, 4.69) is 10.3 Å². The second kappa shape index (κ2) is 2.02. The molecule has 0 fully saturated rings. The summed E-state index contributed by atoms with van der Waals surface area (Å²) in [5.74, 6) is 1.22. The molecule has 0 saturated carbocycles. The van der Waals surface area contributed by atoms with Gasteiger partial charge in [0.2, 0.25) is 0 Å². The summed E-state index contributed by atoms with van der Waals surface area (Å²) in [6.45, 7) is 1.04. The van der Waals surface area contributed by atoms with Crippen LogP contribution in [0.1, 0.15) is 6.42 Å². The Morgan fingerprint density at radius 3 is 3.56 bits per heavy atom. The minimum Gasteiger partial charge on any atom is -0.239 e. The van der Waals surface area contributed by atoms with Crippen molar-refractivity contribution in [2.45, 2.75) is 18.0 Å². The van der Waals surface area contributed by atoms with Crippen LogP contribution in [0.4, 0.5) is 0 Å². The number of hydrogen-bond donors (Lipinski definition) is 0. The summed E-state index contributed by atoms with van der Waals surface area (Å²) in [6.07, 6.45) is 3.05. The molecule has 0 radical (unpaired) electrons. The molecular weight excluding hydrogens is 134 g/mol. The third kappa shape index (κ3) is 0.830. The lowest BCUT2D eigenvalue weighted by atomic mass is 10.5. The van der Waals surface area contributed by atoms with Crippen molar-refractivity contribution in [3.05, 3.63) is 6.20 Å². The highest BCUT2D eigenvalue weighted by molar-refractivity contribution is 7.99. The Bertz CT molecular complexity index is 187. The van der Waals surface area contributed by atoms with Gasteiger partial charge in [0, 0.05) is 12.3 Å². The first-order valence-electron chi connectivity index (χ1n) is 2.98. The summed E-state index contributed by atoms with van der Waals surface area (Å²) in [5, 5.41) is 8.91. The molecule has 9 heavy (non-hydrogen) atoms. The van der Waals surface area contributed by atoms with Crippen LogP contribution in [0.2, 0.25) is 0 Å². The maximum Gasteiger partial charge on any atom is 0.114 e. The van der Waals surface area contributed by atoms with E-state index in [-0.39, 0.29) is 0 Å². The summed E-state index contributed by atoms with van der Waals surface area (Å²) in [6, 6.07) is 0. The van der Waals surface area contributed by atoms with Crippen LogP contribution < -0.4 is 0 Å². The van der Waals surface area contributed by atoms with Gasteiger partial charge in [-0.15, -0.1) is 16.9 Å². The van der Waals surface area contributed by atoms with E-state index >= 15 is 0 Å². The van der Waals surface area contributed by atoms with Gasteiger partial charge in [-0.1, -0.05) is 5.21 Å². The highest BCUT2D eigenvalue weighted by atomic mass is 32.2. The fraction of sp³-hybridized carbons (Fsp3) is 0.600. The Kier molecular flexibility index (Phi) is 1.19. The Balaban J connectivity index is 2.39. The van der Waals surface area contributed by atoms with Crippen LogP contribution in [-0.4, -0.2) is 20.7 Å². The second-order valence-corrected chi connectivity index (χ2v) is 3.11. The van der Waals surface area contributed by atoms with Crippen LogP contribution in [0.15, 0.2) is 11.2 Å². The average Bonchev–Trinajstić information content (AvgIpc) is 2.33. The van der Waals surface area contributed by atoms with E-state index in [0.29, 0.717) is 0 Å². The van der Waals surface area contributed by atoms with Gasteiger partial charge in [0.25, 0.3) is 0 Å². The van der Waals surface area contributed by atoms with Crippen LogP contribution >= 0.6 is 11.8 Å². The molecule has 0 aliphatic carbocycles. The number of aryl methyl sites for hydroxylation is 1. The summed E-state index contributed by atoms with van der Waals surface area (Å²) < 4.78 is 1.95. The van der Waals surface area contributed by atoms with Crippen LogP contribution in [-0.2, 0) is 6.54 Å². The average molecular weight is 141 g/mol. The molecule has 3 nitrogen and oxygen atoms in total. The Labute approximate surface area is 57.4 Å². The minimum atomic E-state index is 1.04. The standard InChI is InChI=1S/C5H7N3S/c1-2-8-5(9-3-1)4-6-7-8/h4H,1-3H2. The lowest BCUT2D eigenvalue weighted by molar-refractivity contribution is 0.532. The molecule has 1 aromatic heterocycles. The van der Waals surface area contributed by atoms with Crippen molar-refractivity contribution < 1.29 is 0 Å². The van der Waals surface area contributed by atoms with E-state index in [9.17, 15) is 0 Å². The molecule has 2 rings (SSSR count). The van der Waals surface area contributed by atoms with Gasteiger partial charge in [-0.3, -0.25) is 0 Å². The van der Waals surface area contributed by atoms with Gasteiger partial charge in [-0.05, 0) is 6.42 Å². The number of aromatic nitrogens is 3. The van der Waals surface area contributed by atoms with Gasteiger partial charge >= 0.3 is 0 Å². The van der Waals surface area contributed by atoms with E-state index < -0.39 is 0 Å². The Morgan fingerprint density at radius 1 is 1.67 bits per heavy atom. The highest BCUT2D eigenvalue weighted by Crippen LogP contribution is 2.21. The molecule has 1 aliphatic rings. The van der Waals surface area contributed by atoms with Crippen molar-refractivity contribution >= 4 is 11.8 Å². The van der Waals surface area contributed by atoms with Crippen molar-refractivity contribution in [3.8, 4) is 0 Å². The van der Waals surface area contributed by atoms with Gasteiger partial charge in [0.1, 0.15) is 5.03 Å². The lowest BCUT2D eigenvalue weighted by Gasteiger charge is -2.09. The number of thioether (sulfide) groups is 1. The fourth-order valence-corrected chi connectivity index (χ4v) is 1.79. The van der Waals surface area contributed by atoms with Crippen molar-refractivity contribution in [2.24, 2.45) is 0 Å². The molecule has 1 aliphatic heterocycles. The lowest BCUT2D eigenvalue weighted by Crippen LogP contribution is -2.07. The topological polar surface area (TPSA) is 30.7 Å². The summed E-state index contributed by atoms with van der Waals surface area (Å²) in [7, 11) is 0. The van der Waals surface area contributed by atoms with E-state index in [1.54, 1.807) is 0 Å². The van der Waals surface area contributed by atoms with Gasteiger partial charge in [-0.25, -0.2) is 4.68 Å². The first-order chi connectivity index (χ1) is 4.47. The van der Waals surface area contributed by atoms with E-state index in [1.807, 2.05) is 22.6 Å². The molecule has 0 bridgehead atoms. The molecule has 4 heteroatoms. The highest BCUT2D eigenvalue weighted by Gasteiger charge is 2.08. The van der Waals surface area contributed by atoms with Crippen LogP contribution in [0.25, 0.3) is 0 Å². The van der Waals surface area contributed by atoms with Crippen molar-refractivity contribution in [1.82, 2.24) is 15.0 Å². The number of rotatable bonds is 0. The predicted octanol–water partition coefficient (Wildman–Crippen LogP) is 0.774. The maximum atomic E-state index is 3.90. The molecule has 0 amide bonds. The van der Waals surface area contributed by atoms with E-state index in [1.165, 1.54) is 17.2 Å². The van der Waals surface area contributed by atoms with Crippen LogP contribution in [0.5, 0.6) is 0 Å². The molecule has 0 N–H and O–H groups in total. The number of fused-ring (bicyclic) bond motifs is 1. The fourth-order valence-electron chi connectivity index (χ4n) is 0.906. The first kappa shape index (κ1) is 5.29. The third-order valence-electron chi connectivity index (χ3n) is 1.35. The molecule has 0 atom stereocenters. The Hall–Kier alpha value is -0.510. The summed E-state index contributed by atoms with van der Waals surface area (Å²) >= 11 is 1.83. The van der Waals surface area contributed by atoms with Crippen LogP contribution in [0.3, 0.4) is 0 Å². The van der Waals surface area contributed by atoms with Crippen molar-refractivity contribution in [2.75, 3.05) is 5.75 Å². The van der Waals surface area contributed by atoms with E-state index in [0.717, 1.165) is 6.54 Å². The molecule has 1 aromatic rings. The van der Waals surface area contributed by atoms with Gasteiger partial charge in [0.15, 0.2) is 0 Å². The third-order valence-corrected chi connectivity index (χ3v) is 2.45. The normalized spacial score (nSPS) is 17.3. The minimum absolute atomic E-state index is 1.04. The smallest absolute Gasteiger partial charge is 0.114 e. The SMILES string of the molecule is c1nnn2c1SCCC2. The van der Waals surface area contributed by atoms with Gasteiger partial charge < -0.3 is 0 Å². The zero-order valence-electron chi connectivity index (χ0n) is 4.95. The molecule has 0 saturated heterocycles. The molecule has 0 spiro atoms. The first-order valence-corrected chi connectivity index (χ1v) is 3.97. The van der Waals surface area contributed by atoms with Gasteiger partial charge in [0.05, 0.1) is 6.20 Å². The molecule has 0 aromatic carbocycles. The zero-order valence-corrected chi connectivity index (χ0v) is 5.77. The van der Waals surface area contributed by atoms with Gasteiger partial charge in [-0.2, -0.15) is 0 Å². The second-order valence-electron chi connectivity index (χ2n) is 2.00. The summed E-state index contributed by atoms with van der Waals surface area (Å²) in [5.41, 5.74) is 0. The number of hydrogen-bond acceptors (Lipinski definition) is 3. The molecule has 2 heterocycles. The largest absolute Gasteiger partial charge is 0.239 e. The quantitative estimate of drug-likeness (QED) is 0.534. The van der Waals surface area contributed by atoms with Crippen molar-refractivity contribution in [1.29, 1.82) is 0 Å².